The van der Waals surface area contributed by atoms with Crippen LogP contribution in [-0.4, -0.2) is 34.2 Å². The molecule has 4 rings (SSSR count). The predicted molar refractivity (Wildman–Crippen MR) is 119 cm³/mol. The third-order valence-corrected chi connectivity index (χ3v) is 6.39. The number of amides is 2. The van der Waals surface area contributed by atoms with Gasteiger partial charge in [-0.3, -0.25) is 14.3 Å². The number of nitrogens with two attached hydrogens (primary N) is 1. The molecule has 0 aliphatic carbocycles. The molecule has 3 aromatic rings. The van der Waals surface area contributed by atoms with Gasteiger partial charge in [-0.2, -0.15) is 5.10 Å². The van der Waals surface area contributed by atoms with Crippen LogP contribution < -0.4 is 16.0 Å². The second kappa shape index (κ2) is 8.04. The van der Waals surface area contributed by atoms with Crippen molar-refractivity contribution >= 4 is 57.1 Å². The van der Waals surface area contributed by atoms with E-state index in [4.69, 9.17) is 5.73 Å². The Morgan fingerprint density at radius 2 is 2.10 bits per heavy atom. The van der Waals surface area contributed by atoms with E-state index in [2.05, 4.69) is 10.4 Å². The molecule has 0 radical (unpaired) electrons. The lowest BCUT2D eigenvalue weighted by Crippen LogP contribution is -2.48. The Kier molecular flexibility index (Phi) is 5.86. The number of fused-ring (bicyclic) bond motifs is 2. The molecule has 2 amide bonds. The minimum absolute atomic E-state index is 0. The molecule has 3 N–H and O–H groups in total. The summed E-state index contributed by atoms with van der Waals surface area (Å²) in [5.41, 5.74) is 9.53. The van der Waals surface area contributed by atoms with Gasteiger partial charge < -0.3 is 16.0 Å². The molecule has 0 saturated heterocycles. The van der Waals surface area contributed by atoms with E-state index in [0.717, 1.165) is 40.0 Å². The summed E-state index contributed by atoms with van der Waals surface area (Å²) in [4.78, 5) is 29.0. The molecular weight excluding hydrogens is 410 g/mol. The number of nitrogens with zero attached hydrogens (tertiary/aromatic N) is 3. The summed E-state index contributed by atoms with van der Waals surface area (Å²) in [6.45, 7) is 4.27. The van der Waals surface area contributed by atoms with Gasteiger partial charge in [0.05, 0.1) is 10.6 Å². The van der Waals surface area contributed by atoms with Gasteiger partial charge in [0.25, 0.3) is 5.91 Å². The van der Waals surface area contributed by atoms with Gasteiger partial charge in [-0.1, -0.05) is 6.07 Å². The first-order valence-corrected chi connectivity index (χ1v) is 10.1. The molecule has 1 unspecified atom stereocenters. The molecule has 1 aliphatic heterocycles. The molecule has 1 atom stereocenters. The van der Waals surface area contributed by atoms with Crippen LogP contribution in [0.1, 0.15) is 34.3 Å². The standard InChI is InChI=1S/C20H23N5O2S.ClH/c1-11-14-10-17(28-20(14)24(3)23-11)18(26)22-12(2)19(27)25-9-5-6-13-15(21)7-4-8-16(13)25;/h4,7-8,10,12H,5-6,9,21H2,1-3H3,(H,22,26);1H. The van der Waals surface area contributed by atoms with Crippen LogP contribution in [0.3, 0.4) is 0 Å². The molecule has 9 heteroatoms. The van der Waals surface area contributed by atoms with E-state index >= 15 is 0 Å². The largest absolute Gasteiger partial charge is 0.398 e. The molecule has 0 saturated carbocycles. The minimum Gasteiger partial charge on any atom is -0.398 e. The lowest BCUT2D eigenvalue weighted by molar-refractivity contribution is -0.120. The number of benzene rings is 1. The van der Waals surface area contributed by atoms with E-state index in [0.29, 0.717) is 17.1 Å². The van der Waals surface area contributed by atoms with Crippen LogP contribution in [0.5, 0.6) is 0 Å². The van der Waals surface area contributed by atoms with Gasteiger partial charge in [0, 0.05) is 30.4 Å². The molecule has 2 aromatic heterocycles. The highest BCUT2D eigenvalue weighted by Gasteiger charge is 2.28. The molecule has 0 spiro atoms. The number of carbonyl (C=O) groups is 2. The zero-order valence-corrected chi connectivity index (χ0v) is 18.2. The van der Waals surface area contributed by atoms with E-state index in [9.17, 15) is 9.59 Å². The first kappa shape index (κ1) is 21.1. The predicted octanol–water partition coefficient (Wildman–Crippen LogP) is 3.04. The maximum absolute atomic E-state index is 13.0. The molecule has 1 aromatic carbocycles. The highest BCUT2D eigenvalue weighted by Crippen LogP contribution is 2.32. The SMILES string of the molecule is Cc1nn(C)c2sc(C(=O)NC(C)C(=O)N3CCCc4c(N)cccc43)cc12.Cl. The Morgan fingerprint density at radius 3 is 2.83 bits per heavy atom. The van der Waals surface area contributed by atoms with Crippen LogP contribution in [0.2, 0.25) is 0 Å². The van der Waals surface area contributed by atoms with Crippen molar-refractivity contribution in [2.45, 2.75) is 32.7 Å². The Morgan fingerprint density at radius 1 is 1.34 bits per heavy atom. The van der Waals surface area contributed by atoms with E-state index < -0.39 is 6.04 Å². The zero-order chi connectivity index (χ0) is 20.0. The van der Waals surface area contributed by atoms with Gasteiger partial charge in [-0.15, -0.1) is 23.7 Å². The third-order valence-electron chi connectivity index (χ3n) is 5.19. The Labute approximate surface area is 179 Å². The molecular formula is C20H24ClN5O2S. The Hall–Kier alpha value is -2.58. The summed E-state index contributed by atoms with van der Waals surface area (Å²) in [6, 6.07) is 6.84. The van der Waals surface area contributed by atoms with Gasteiger partial charge in [-0.05, 0) is 50.5 Å². The summed E-state index contributed by atoms with van der Waals surface area (Å²) in [7, 11) is 1.86. The normalized spacial score (nSPS) is 14.2. The smallest absolute Gasteiger partial charge is 0.262 e. The summed E-state index contributed by atoms with van der Waals surface area (Å²) in [6.07, 6.45) is 1.72. The summed E-state index contributed by atoms with van der Waals surface area (Å²) < 4.78 is 1.77. The number of hydrogen-bond acceptors (Lipinski definition) is 5. The lowest BCUT2D eigenvalue weighted by Gasteiger charge is -2.32. The maximum atomic E-state index is 13.0. The van der Waals surface area contributed by atoms with Gasteiger partial charge in [0.1, 0.15) is 10.9 Å². The van der Waals surface area contributed by atoms with E-state index in [1.54, 1.807) is 16.5 Å². The van der Waals surface area contributed by atoms with Crippen molar-refractivity contribution in [3.8, 4) is 0 Å². The third kappa shape index (κ3) is 3.70. The molecule has 1 aliphatic rings. The van der Waals surface area contributed by atoms with Crippen LogP contribution in [0, 0.1) is 6.92 Å². The molecule has 0 bridgehead atoms. The van der Waals surface area contributed by atoms with Crippen molar-refractivity contribution in [1.29, 1.82) is 0 Å². The second-order valence-corrected chi connectivity index (χ2v) is 8.20. The zero-order valence-electron chi connectivity index (χ0n) is 16.6. The van der Waals surface area contributed by atoms with E-state index in [1.807, 2.05) is 38.2 Å². The van der Waals surface area contributed by atoms with Crippen molar-refractivity contribution in [3.63, 3.8) is 0 Å². The number of halogens is 1. The maximum Gasteiger partial charge on any atom is 0.262 e. The highest BCUT2D eigenvalue weighted by atomic mass is 35.5. The summed E-state index contributed by atoms with van der Waals surface area (Å²) in [5, 5.41) is 8.17. The molecule has 29 heavy (non-hydrogen) atoms. The number of anilines is 2. The quantitative estimate of drug-likeness (QED) is 0.621. The van der Waals surface area contributed by atoms with Gasteiger partial charge in [0.15, 0.2) is 0 Å². The summed E-state index contributed by atoms with van der Waals surface area (Å²) in [5.74, 6) is -0.370. The fourth-order valence-corrected chi connectivity index (χ4v) is 4.79. The number of thiophene rings is 1. The first-order valence-electron chi connectivity index (χ1n) is 9.29. The monoisotopic (exact) mass is 433 g/mol. The van der Waals surface area contributed by atoms with Gasteiger partial charge in [-0.25, -0.2) is 0 Å². The molecule has 0 fully saturated rings. The second-order valence-electron chi connectivity index (χ2n) is 7.17. The van der Waals surface area contributed by atoms with Crippen molar-refractivity contribution in [2.75, 3.05) is 17.2 Å². The first-order chi connectivity index (χ1) is 13.4. The van der Waals surface area contributed by atoms with Crippen molar-refractivity contribution < 1.29 is 9.59 Å². The fraction of sp³-hybridized carbons (Fsp3) is 0.350. The highest BCUT2D eigenvalue weighted by molar-refractivity contribution is 7.20. The van der Waals surface area contributed by atoms with E-state index in [1.165, 1.54) is 11.3 Å². The van der Waals surface area contributed by atoms with Crippen LogP contribution in [0.15, 0.2) is 24.3 Å². The van der Waals surface area contributed by atoms with Crippen molar-refractivity contribution in [1.82, 2.24) is 15.1 Å². The number of aryl methyl sites for hydroxylation is 2. The van der Waals surface area contributed by atoms with Crippen molar-refractivity contribution in [3.05, 3.63) is 40.4 Å². The number of rotatable bonds is 3. The number of carbonyl (C=O) groups excluding carboxylic acids is 2. The van der Waals surface area contributed by atoms with Crippen LogP contribution in [0.4, 0.5) is 11.4 Å². The van der Waals surface area contributed by atoms with Crippen LogP contribution in [-0.2, 0) is 18.3 Å². The Bertz CT molecular complexity index is 1060. The van der Waals surface area contributed by atoms with Crippen LogP contribution in [0.25, 0.3) is 10.2 Å². The van der Waals surface area contributed by atoms with Crippen molar-refractivity contribution in [2.24, 2.45) is 7.05 Å². The number of nitrogen functional groups attached to an aromatic ring is 1. The topological polar surface area (TPSA) is 93.2 Å². The molecule has 3 heterocycles. The average molecular weight is 434 g/mol. The minimum atomic E-state index is -0.635. The van der Waals surface area contributed by atoms with E-state index in [-0.39, 0.29) is 24.2 Å². The van der Waals surface area contributed by atoms with Gasteiger partial charge >= 0.3 is 0 Å². The fourth-order valence-electron chi connectivity index (χ4n) is 3.76. The van der Waals surface area contributed by atoms with Gasteiger partial charge in [0.2, 0.25) is 5.91 Å². The molecule has 7 nitrogen and oxygen atoms in total. The summed E-state index contributed by atoms with van der Waals surface area (Å²) >= 11 is 1.38. The van der Waals surface area contributed by atoms with Crippen LogP contribution >= 0.6 is 23.7 Å². The average Bonchev–Trinajstić information content (AvgIpc) is 3.23. The lowest BCUT2D eigenvalue weighted by atomic mass is 9.99. The number of hydrogen-bond donors (Lipinski definition) is 2. The Balaban J connectivity index is 0.00000240. The number of nitrogens with one attached hydrogen (secondary N) is 1. The molecule has 154 valence electrons. The number of aromatic nitrogens is 2.